The first-order valence-electron chi connectivity index (χ1n) is 16.5. The van der Waals surface area contributed by atoms with Crippen molar-refractivity contribution in [3.05, 3.63) is 121 Å². The Kier molecular flexibility index (Phi) is 10.1. The first-order chi connectivity index (χ1) is 27.4. The van der Waals surface area contributed by atoms with Gasteiger partial charge in [-0.3, -0.25) is 13.7 Å². The molecule has 58 heavy (non-hydrogen) atoms. The molecule has 294 valence electrons. The molecule has 0 aromatic heterocycles. The molecule has 7 aromatic rings. The largest absolute Gasteiger partial charge is 0.505 e. The van der Waals surface area contributed by atoms with Crippen LogP contribution in [0, 0.1) is 0 Å². The van der Waals surface area contributed by atoms with Crippen molar-refractivity contribution in [3.63, 3.8) is 0 Å². The van der Waals surface area contributed by atoms with Crippen LogP contribution in [0.1, 0.15) is 0 Å². The van der Waals surface area contributed by atoms with Gasteiger partial charge in [0.25, 0.3) is 30.4 Å². The second-order valence-corrected chi connectivity index (χ2v) is 16.7. The quantitative estimate of drug-likeness (QED) is 0.0385. The molecule has 0 radical (unpaired) electrons. The van der Waals surface area contributed by atoms with Crippen LogP contribution in [0.3, 0.4) is 0 Å². The molecule has 0 aliphatic rings. The minimum Gasteiger partial charge on any atom is -0.505 e. The smallest absolute Gasteiger partial charge is 0.296 e. The summed E-state index contributed by atoms with van der Waals surface area (Å²) in [7, 11) is -14.9. The zero-order valence-electron chi connectivity index (χ0n) is 29.3. The molecule has 0 amide bonds. The lowest BCUT2D eigenvalue weighted by Crippen LogP contribution is -2.08. The molecule has 0 saturated heterocycles. The maximum atomic E-state index is 12.4. The van der Waals surface area contributed by atoms with E-state index in [1.807, 2.05) is 30.3 Å². The van der Waals surface area contributed by atoms with Gasteiger partial charge in [-0.2, -0.15) is 35.5 Å². The number of nitrogens with zero attached hydrogens (tertiary/aromatic N) is 4. The van der Waals surface area contributed by atoms with E-state index in [1.165, 1.54) is 12.1 Å². The van der Waals surface area contributed by atoms with Gasteiger partial charge in [-0.05, 0) is 89.3 Å². The van der Waals surface area contributed by atoms with Crippen molar-refractivity contribution < 1.29 is 49.1 Å². The third kappa shape index (κ3) is 8.04. The molecular formula is C38H28N6O11S3. The molecule has 8 N–H and O–H groups in total. The lowest BCUT2D eigenvalue weighted by molar-refractivity contribution is 0.472. The fourth-order valence-corrected chi connectivity index (χ4v) is 8.13. The van der Waals surface area contributed by atoms with Gasteiger partial charge in [-0.1, -0.05) is 48.5 Å². The van der Waals surface area contributed by atoms with E-state index in [2.05, 4.69) is 25.8 Å². The molecule has 7 rings (SSSR count). The average Bonchev–Trinajstić information content (AvgIpc) is 3.16. The van der Waals surface area contributed by atoms with Crippen LogP contribution in [0.2, 0.25) is 0 Å². The second-order valence-electron chi connectivity index (χ2n) is 12.6. The molecule has 0 fully saturated rings. The Morgan fingerprint density at radius 1 is 0.500 bits per heavy atom. The van der Waals surface area contributed by atoms with Gasteiger partial charge >= 0.3 is 0 Å². The highest BCUT2D eigenvalue weighted by Crippen LogP contribution is 2.45. The van der Waals surface area contributed by atoms with E-state index in [9.17, 15) is 49.1 Å². The minimum absolute atomic E-state index is 0.243. The topological polar surface area (TPSA) is 291 Å². The van der Waals surface area contributed by atoms with Crippen LogP contribution in [0.5, 0.6) is 11.5 Å². The molecule has 0 saturated carbocycles. The van der Waals surface area contributed by atoms with E-state index in [0.29, 0.717) is 28.5 Å². The maximum Gasteiger partial charge on any atom is 0.296 e. The van der Waals surface area contributed by atoms with E-state index >= 15 is 0 Å². The van der Waals surface area contributed by atoms with Crippen LogP contribution in [-0.2, 0) is 30.4 Å². The maximum absolute atomic E-state index is 12.4. The number of nitrogens with two attached hydrogens (primary N) is 1. The number of benzene rings is 7. The lowest BCUT2D eigenvalue weighted by Gasteiger charge is -2.13. The monoisotopic (exact) mass is 840 g/mol. The van der Waals surface area contributed by atoms with Gasteiger partial charge in [0.05, 0.1) is 22.4 Å². The zero-order valence-corrected chi connectivity index (χ0v) is 31.8. The first-order valence-corrected chi connectivity index (χ1v) is 20.9. The summed E-state index contributed by atoms with van der Waals surface area (Å²) in [6.07, 6.45) is 0. The molecule has 0 aliphatic heterocycles. The zero-order chi connectivity index (χ0) is 41.6. The summed E-state index contributed by atoms with van der Waals surface area (Å²) in [5.74, 6) is -1.26. The molecule has 20 heteroatoms. The summed E-state index contributed by atoms with van der Waals surface area (Å²) >= 11 is 0. The number of hydrogen-bond donors (Lipinski definition) is 7. The molecule has 0 heterocycles. The van der Waals surface area contributed by atoms with Crippen molar-refractivity contribution in [1.82, 2.24) is 0 Å². The standard InChI is InChI=1S/C38H28N6O11S3/c39-35-32(57(50,51)52)20-31(56(47,48)49)29-16-17-30(38(46)34(29)35)43-41-25-10-6-21(7-11-25)22-8-12-26(13-9-22)42-44-36-33(58(53,54)55)19-23-18-27(14-15-28(23)37(36)45)40-24-4-2-1-3-5-24/h1-20,40,45-46H,39H2,(H,47,48,49)(H,50,51,52)(H,53,54,55). The first kappa shape index (κ1) is 39.4. The van der Waals surface area contributed by atoms with Gasteiger partial charge in [-0.15, -0.1) is 10.2 Å². The van der Waals surface area contributed by atoms with Crippen LogP contribution in [0.4, 0.5) is 39.8 Å². The molecule has 0 spiro atoms. The van der Waals surface area contributed by atoms with Gasteiger partial charge < -0.3 is 21.3 Å². The summed E-state index contributed by atoms with van der Waals surface area (Å²) in [5, 5.41) is 41.1. The average molecular weight is 841 g/mol. The summed E-state index contributed by atoms with van der Waals surface area (Å²) in [5.41, 5.74) is 7.96. The van der Waals surface area contributed by atoms with E-state index in [-0.39, 0.29) is 16.5 Å². The predicted octanol–water partition coefficient (Wildman–Crippen LogP) is 8.97. The third-order valence-corrected chi connectivity index (χ3v) is 11.4. The summed E-state index contributed by atoms with van der Waals surface area (Å²) < 4.78 is 102. The number of nitrogen functional groups attached to an aromatic ring is 1. The third-order valence-electron chi connectivity index (χ3n) is 8.77. The Bertz CT molecular complexity index is 3180. The highest BCUT2D eigenvalue weighted by molar-refractivity contribution is 7.87. The van der Waals surface area contributed by atoms with Crippen molar-refractivity contribution in [2.45, 2.75) is 14.7 Å². The lowest BCUT2D eigenvalue weighted by atomic mass is 10.1. The van der Waals surface area contributed by atoms with Crippen molar-refractivity contribution in [2.75, 3.05) is 11.1 Å². The highest BCUT2D eigenvalue weighted by Gasteiger charge is 2.27. The van der Waals surface area contributed by atoms with Crippen LogP contribution < -0.4 is 11.1 Å². The number of para-hydroxylation sites is 1. The molecular weight excluding hydrogens is 813 g/mol. The molecule has 0 bridgehead atoms. The van der Waals surface area contributed by atoms with Gasteiger partial charge in [0.1, 0.15) is 26.1 Å². The van der Waals surface area contributed by atoms with Crippen LogP contribution in [-0.4, -0.2) is 49.1 Å². The van der Waals surface area contributed by atoms with Crippen molar-refractivity contribution in [1.29, 1.82) is 0 Å². The number of nitrogens with one attached hydrogen (secondary N) is 1. The number of phenolic OH excluding ortho intramolecular Hbond substituents is 2. The fourth-order valence-electron chi connectivity index (χ4n) is 6.03. The molecule has 0 aliphatic carbocycles. The second kappa shape index (κ2) is 14.9. The summed E-state index contributed by atoms with van der Waals surface area (Å²) in [4.78, 5) is -2.60. The number of aromatic hydroxyl groups is 2. The fraction of sp³-hybridized carbons (Fsp3) is 0. The van der Waals surface area contributed by atoms with Crippen molar-refractivity contribution in [3.8, 4) is 22.6 Å². The Labute approximate surface area is 329 Å². The van der Waals surface area contributed by atoms with Crippen LogP contribution in [0.25, 0.3) is 32.7 Å². The Morgan fingerprint density at radius 2 is 1.05 bits per heavy atom. The number of hydrogen-bond acceptors (Lipinski definition) is 14. The predicted molar refractivity (Wildman–Crippen MR) is 215 cm³/mol. The van der Waals surface area contributed by atoms with Crippen molar-refractivity contribution in [2.24, 2.45) is 20.5 Å². The molecule has 7 aromatic carbocycles. The molecule has 0 unspecified atom stereocenters. The summed E-state index contributed by atoms with van der Waals surface area (Å²) in [6, 6.07) is 31.3. The van der Waals surface area contributed by atoms with Crippen LogP contribution in [0.15, 0.2) is 156 Å². The van der Waals surface area contributed by atoms with Crippen LogP contribution >= 0.6 is 0 Å². The highest BCUT2D eigenvalue weighted by atomic mass is 32.2. The Morgan fingerprint density at radius 3 is 1.62 bits per heavy atom. The number of azo groups is 2. The van der Waals surface area contributed by atoms with E-state index < -0.39 is 73.3 Å². The van der Waals surface area contributed by atoms with Crippen molar-refractivity contribution >= 4 is 91.7 Å². The van der Waals surface area contributed by atoms with Gasteiger partial charge in [0, 0.05) is 22.1 Å². The normalized spacial score (nSPS) is 12.5. The number of rotatable bonds is 10. The Hall–Kier alpha value is -6.81. The van der Waals surface area contributed by atoms with E-state index in [4.69, 9.17) is 5.73 Å². The SMILES string of the molecule is Nc1c(S(=O)(=O)O)cc(S(=O)(=O)O)c2ccc(N=Nc3ccc(-c4ccc(N=Nc5c(S(=O)(=O)O)cc6cc(Nc7ccccc7)ccc6c5O)cc4)cc3)c(O)c12. The Balaban J connectivity index is 1.11. The van der Waals surface area contributed by atoms with Gasteiger partial charge in [0.15, 0.2) is 11.5 Å². The van der Waals surface area contributed by atoms with Gasteiger partial charge in [-0.25, -0.2) is 0 Å². The molecule has 17 nitrogen and oxygen atoms in total. The van der Waals surface area contributed by atoms with Gasteiger partial charge in [0.2, 0.25) is 0 Å². The number of fused-ring (bicyclic) bond motifs is 2. The summed E-state index contributed by atoms with van der Waals surface area (Å²) in [6.45, 7) is 0. The molecule has 0 atom stereocenters. The minimum atomic E-state index is -5.07. The number of anilines is 3. The van der Waals surface area contributed by atoms with E-state index in [1.54, 1.807) is 66.7 Å². The number of phenols is 2. The van der Waals surface area contributed by atoms with E-state index in [0.717, 1.165) is 22.9 Å².